The average Bonchev–Trinajstić information content (AvgIpc) is 2.48. The lowest BCUT2D eigenvalue weighted by molar-refractivity contribution is 0.239. The molecule has 0 spiro atoms. The summed E-state index contributed by atoms with van der Waals surface area (Å²) in [5, 5.41) is 3.19. The fourth-order valence-electron chi connectivity index (χ4n) is 2.07. The Labute approximate surface area is 129 Å². The summed E-state index contributed by atoms with van der Waals surface area (Å²) in [6, 6.07) is 11.1. The monoisotopic (exact) mass is 290 g/mol. The first-order valence-electron chi connectivity index (χ1n) is 7.91. The standard InChI is InChI=1S/C17H30N4/c1-4-5-12-19-17(18)20-13-11-15(2)21(3)14-16-9-7-6-8-10-16/h6-10,15H,4-5,11-14H2,1-3H3,(H3,18,19,20). The molecule has 1 aromatic carbocycles. The molecule has 1 unspecified atom stereocenters. The molecule has 0 amide bonds. The molecule has 0 heterocycles. The molecule has 4 nitrogen and oxygen atoms in total. The lowest BCUT2D eigenvalue weighted by Crippen LogP contribution is -2.36. The van der Waals surface area contributed by atoms with Crippen molar-refractivity contribution in [3.63, 3.8) is 0 Å². The van der Waals surface area contributed by atoms with Gasteiger partial charge in [-0.2, -0.15) is 0 Å². The Hall–Kier alpha value is -1.55. The maximum atomic E-state index is 5.83. The minimum atomic E-state index is 0.501. The quantitative estimate of drug-likeness (QED) is 0.417. The van der Waals surface area contributed by atoms with Crippen LogP contribution < -0.4 is 11.1 Å². The molecule has 1 atom stereocenters. The SMILES string of the molecule is CCCCN=C(N)NCCC(C)N(C)Cc1ccccc1. The van der Waals surface area contributed by atoms with Crippen LogP contribution in [0.4, 0.5) is 0 Å². The van der Waals surface area contributed by atoms with Crippen LogP contribution >= 0.6 is 0 Å². The van der Waals surface area contributed by atoms with E-state index in [0.717, 1.165) is 38.9 Å². The summed E-state index contributed by atoms with van der Waals surface area (Å²) in [5.41, 5.74) is 7.17. The lowest BCUT2D eigenvalue weighted by Gasteiger charge is -2.25. The molecule has 1 aromatic rings. The van der Waals surface area contributed by atoms with Crippen molar-refractivity contribution in [2.75, 3.05) is 20.1 Å². The van der Waals surface area contributed by atoms with Crippen LogP contribution in [0.5, 0.6) is 0 Å². The number of nitrogens with two attached hydrogens (primary N) is 1. The Balaban J connectivity index is 2.23. The molecule has 0 aliphatic heterocycles. The number of unbranched alkanes of at least 4 members (excludes halogenated alkanes) is 1. The van der Waals surface area contributed by atoms with Gasteiger partial charge in [-0.1, -0.05) is 43.7 Å². The highest BCUT2D eigenvalue weighted by Crippen LogP contribution is 2.07. The highest BCUT2D eigenvalue weighted by molar-refractivity contribution is 5.77. The van der Waals surface area contributed by atoms with Crippen LogP contribution in [0.25, 0.3) is 0 Å². The number of nitrogens with one attached hydrogen (secondary N) is 1. The number of guanidine groups is 1. The van der Waals surface area contributed by atoms with Crippen molar-refractivity contribution in [3.05, 3.63) is 35.9 Å². The number of rotatable bonds is 9. The molecule has 4 heteroatoms. The maximum Gasteiger partial charge on any atom is 0.188 e. The van der Waals surface area contributed by atoms with Crippen LogP contribution in [0.15, 0.2) is 35.3 Å². The van der Waals surface area contributed by atoms with E-state index in [-0.39, 0.29) is 0 Å². The van der Waals surface area contributed by atoms with Crippen molar-refractivity contribution in [2.24, 2.45) is 10.7 Å². The zero-order valence-electron chi connectivity index (χ0n) is 13.7. The number of hydrogen-bond acceptors (Lipinski definition) is 2. The van der Waals surface area contributed by atoms with Crippen molar-refractivity contribution in [1.29, 1.82) is 0 Å². The predicted molar refractivity (Wildman–Crippen MR) is 91.4 cm³/mol. The Kier molecular flexibility index (Phi) is 8.51. The molecule has 0 saturated carbocycles. The Morgan fingerprint density at radius 3 is 2.71 bits per heavy atom. The zero-order valence-corrected chi connectivity index (χ0v) is 13.7. The van der Waals surface area contributed by atoms with Gasteiger partial charge >= 0.3 is 0 Å². The van der Waals surface area contributed by atoms with Crippen molar-refractivity contribution < 1.29 is 0 Å². The number of benzene rings is 1. The largest absolute Gasteiger partial charge is 0.370 e. The molecule has 3 N–H and O–H groups in total. The first kappa shape index (κ1) is 17.5. The summed E-state index contributed by atoms with van der Waals surface area (Å²) in [4.78, 5) is 6.66. The smallest absolute Gasteiger partial charge is 0.188 e. The third-order valence-electron chi connectivity index (χ3n) is 3.69. The van der Waals surface area contributed by atoms with E-state index >= 15 is 0 Å². The summed E-state index contributed by atoms with van der Waals surface area (Å²) in [5.74, 6) is 0.571. The van der Waals surface area contributed by atoms with Gasteiger partial charge < -0.3 is 11.1 Å². The van der Waals surface area contributed by atoms with E-state index in [0.29, 0.717) is 12.0 Å². The Morgan fingerprint density at radius 2 is 2.05 bits per heavy atom. The van der Waals surface area contributed by atoms with Gasteiger partial charge in [0.2, 0.25) is 0 Å². The molecule has 0 bridgehead atoms. The van der Waals surface area contributed by atoms with Gasteiger partial charge in [-0.05, 0) is 32.4 Å². The third kappa shape index (κ3) is 7.71. The molecule has 118 valence electrons. The highest BCUT2D eigenvalue weighted by Gasteiger charge is 2.09. The molecule has 21 heavy (non-hydrogen) atoms. The lowest BCUT2D eigenvalue weighted by atomic mass is 10.1. The number of aliphatic imine (C=N–C) groups is 1. The van der Waals surface area contributed by atoms with Crippen molar-refractivity contribution in [2.45, 2.75) is 45.7 Å². The summed E-state index contributed by atoms with van der Waals surface area (Å²) < 4.78 is 0. The molecule has 0 aliphatic carbocycles. The summed E-state index contributed by atoms with van der Waals surface area (Å²) in [6.07, 6.45) is 3.30. The fraction of sp³-hybridized carbons (Fsp3) is 0.588. The molecule has 0 fully saturated rings. The minimum Gasteiger partial charge on any atom is -0.370 e. The van der Waals surface area contributed by atoms with Crippen molar-refractivity contribution in [1.82, 2.24) is 10.2 Å². The van der Waals surface area contributed by atoms with Gasteiger partial charge in [-0.3, -0.25) is 9.89 Å². The molecule has 1 rings (SSSR count). The minimum absolute atomic E-state index is 0.501. The van der Waals surface area contributed by atoms with Gasteiger partial charge in [0, 0.05) is 25.7 Å². The molecular weight excluding hydrogens is 260 g/mol. The van der Waals surface area contributed by atoms with Crippen LogP contribution in [0.2, 0.25) is 0 Å². The zero-order chi connectivity index (χ0) is 15.5. The van der Waals surface area contributed by atoms with Gasteiger partial charge in [-0.25, -0.2) is 0 Å². The second-order valence-electron chi connectivity index (χ2n) is 5.59. The van der Waals surface area contributed by atoms with Crippen LogP contribution in [0.1, 0.15) is 38.7 Å². The van der Waals surface area contributed by atoms with Gasteiger partial charge in [0.1, 0.15) is 0 Å². The van der Waals surface area contributed by atoms with E-state index in [1.54, 1.807) is 0 Å². The molecule has 0 aliphatic rings. The van der Waals surface area contributed by atoms with Crippen molar-refractivity contribution >= 4 is 5.96 Å². The third-order valence-corrected chi connectivity index (χ3v) is 3.69. The van der Waals surface area contributed by atoms with Crippen LogP contribution in [0, 0.1) is 0 Å². The van der Waals surface area contributed by atoms with E-state index in [9.17, 15) is 0 Å². The average molecular weight is 290 g/mol. The van der Waals surface area contributed by atoms with Gasteiger partial charge in [0.25, 0.3) is 0 Å². The first-order chi connectivity index (χ1) is 10.1. The first-order valence-corrected chi connectivity index (χ1v) is 7.91. The van der Waals surface area contributed by atoms with Gasteiger partial charge in [-0.15, -0.1) is 0 Å². The fourth-order valence-corrected chi connectivity index (χ4v) is 2.07. The van der Waals surface area contributed by atoms with Gasteiger partial charge in [0.15, 0.2) is 5.96 Å². The highest BCUT2D eigenvalue weighted by atomic mass is 15.1. The van der Waals surface area contributed by atoms with E-state index < -0.39 is 0 Å². The summed E-state index contributed by atoms with van der Waals surface area (Å²) in [6.45, 7) is 7.06. The van der Waals surface area contributed by atoms with E-state index in [1.165, 1.54) is 5.56 Å². The molecule has 0 radical (unpaired) electrons. The Morgan fingerprint density at radius 1 is 1.33 bits per heavy atom. The molecule has 0 aromatic heterocycles. The summed E-state index contributed by atoms with van der Waals surface area (Å²) >= 11 is 0. The van der Waals surface area contributed by atoms with Gasteiger partial charge in [0.05, 0.1) is 0 Å². The number of nitrogens with zero attached hydrogens (tertiary/aromatic N) is 2. The van der Waals surface area contributed by atoms with Crippen LogP contribution in [-0.2, 0) is 6.54 Å². The van der Waals surface area contributed by atoms with E-state index in [1.807, 2.05) is 0 Å². The summed E-state index contributed by atoms with van der Waals surface area (Å²) in [7, 11) is 2.16. The Bertz CT molecular complexity index is 403. The number of hydrogen-bond donors (Lipinski definition) is 2. The van der Waals surface area contributed by atoms with Crippen molar-refractivity contribution in [3.8, 4) is 0 Å². The molecular formula is C17H30N4. The van der Waals surface area contributed by atoms with Crippen LogP contribution in [-0.4, -0.2) is 37.0 Å². The maximum absolute atomic E-state index is 5.83. The topological polar surface area (TPSA) is 53.6 Å². The normalized spacial score (nSPS) is 13.4. The predicted octanol–water partition coefficient (Wildman–Crippen LogP) is 2.60. The van der Waals surface area contributed by atoms with E-state index in [4.69, 9.17) is 5.73 Å². The molecule has 0 saturated heterocycles. The van der Waals surface area contributed by atoms with Crippen LogP contribution in [0.3, 0.4) is 0 Å². The second kappa shape index (κ2) is 10.2. The van der Waals surface area contributed by atoms with E-state index in [2.05, 4.69) is 66.4 Å². The second-order valence-corrected chi connectivity index (χ2v) is 5.59.